The first-order chi connectivity index (χ1) is 15.0. The molecule has 160 valence electrons. The molecular formula is C26H28N2O3. The highest BCUT2D eigenvalue weighted by Gasteiger charge is 2.11. The zero-order valence-electron chi connectivity index (χ0n) is 17.9. The first-order valence-electron chi connectivity index (χ1n) is 10.5. The molecule has 31 heavy (non-hydrogen) atoms. The van der Waals surface area contributed by atoms with Gasteiger partial charge in [-0.15, -0.1) is 0 Å². The fraction of sp³-hybridized carbons (Fsp3) is 0.231. The van der Waals surface area contributed by atoms with Crippen molar-refractivity contribution in [3.63, 3.8) is 0 Å². The van der Waals surface area contributed by atoms with Gasteiger partial charge in [0.15, 0.2) is 0 Å². The van der Waals surface area contributed by atoms with Gasteiger partial charge in [0, 0.05) is 23.7 Å². The summed E-state index contributed by atoms with van der Waals surface area (Å²) >= 11 is 0. The molecule has 0 spiro atoms. The Morgan fingerprint density at radius 3 is 2.35 bits per heavy atom. The number of hydrogen-bond donors (Lipinski definition) is 2. The summed E-state index contributed by atoms with van der Waals surface area (Å²) in [6.45, 7) is 4.71. The first-order valence-corrected chi connectivity index (χ1v) is 10.5. The highest BCUT2D eigenvalue weighted by molar-refractivity contribution is 5.94. The summed E-state index contributed by atoms with van der Waals surface area (Å²) in [5.41, 5.74) is 3.23. The van der Waals surface area contributed by atoms with Gasteiger partial charge in [-0.1, -0.05) is 56.3 Å². The van der Waals surface area contributed by atoms with Crippen LogP contribution >= 0.6 is 0 Å². The van der Waals surface area contributed by atoms with E-state index >= 15 is 0 Å². The summed E-state index contributed by atoms with van der Waals surface area (Å²) in [7, 11) is 0. The fourth-order valence-corrected chi connectivity index (χ4v) is 2.93. The van der Waals surface area contributed by atoms with E-state index in [1.54, 1.807) is 12.1 Å². The maximum Gasteiger partial charge on any atom is 0.251 e. The summed E-state index contributed by atoms with van der Waals surface area (Å²) in [6, 6.07) is 24.5. The van der Waals surface area contributed by atoms with E-state index in [2.05, 4.69) is 10.6 Å². The van der Waals surface area contributed by atoms with Crippen molar-refractivity contribution in [2.45, 2.75) is 33.4 Å². The number of rotatable bonds is 9. The summed E-state index contributed by atoms with van der Waals surface area (Å²) in [5.74, 6) is 0.626. The molecule has 0 aromatic heterocycles. The lowest BCUT2D eigenvalue weighted by Gasteiger charge is -2.12. The van der Waals surface area contributed by atoms with Gasteiger partial charge in [0.05, 0.1) is 0 Å². The Balaban J connectivity index is 1.51. The Hall–Kier alpha value is -3.60. The van der Waals surface area contributed by atoms with Crippen molar-refractivity contribution in [2.75, 3.05) is 5.32 Å². The van der Waals surface area contributed by atoms with E-state index in [1.165, 1.54) is 0 Å². The maximum atomic E-state index is 12.5. The number of hydrogen-bond acceptors (Lipinski definition) is 3. The largest absolute Gasteiger partial charge is 0.489 e. The Labute approximate surface area is 183 Å². The minimum absolute atomic E-state index is 0.0000178. The molecule has 0 aliphatic rings. The van der Waals surface area contributed by atoms with Gasteiger partial charge in [-0.2, -0.15) is 0 Å². The molecule has 2 N–H and O–H groups in total. The van der Waals surface area contributed by atoms with Gasteiger partial charge < -0.3 is 15.4 Å². The van der Waals surface area contributed by atoms with Crippen LogP contribution in [0.15, 0.2) is 78.9 Å². The van der Waals surface area contributed by atoms with Crippen LogP contribution in [0.5, 0.6) is 5.75 Å². The molecule has 0 bridgehead atoms. The molecule has 5 heteroatoms. The molecule has 1 unspecified atom stereocenters. The number of para-hydroxylation sites is 1. The SMILES string of the molecule is CCC(C)C(=O)Nc1cccc(CNC(=O)c2ccc(COc3ccccc3)cc2)c1. The average molecular weight is 417 g/mol. The fourth-order valence-electron chi connectivity index (χ4n) is 2.93. The predicted molar refractivity (Wildman–Crippen MR) is 123 cm³/mol. The molecule has 3 rings (SSSR count). The lowest BCUT2D eigenvalue weighted by Crippen LogP contribution is -2.23. The molecule has 3 aromatic rings. The molecule has 2 amide bonds. The zero-order valence-corrected chi connectivity index (χ0v) is 17.9. The zero-order chi connectivity index (χ0) is 22.1. The third-order valence-corrected chi connectivity index (χ3v) is 5.07. The second-order valence-electron chi connectivity index (χ2n) is 7.48. The van der Waals surface area contributed by atoms with Crippen LogP contribution in [-0.4, -0.2) is 11.8 Å². The maximum absolute atomic E-state index is 12.5. The minimum Gasteiger partial charge on any atom is -0.489 e. The lowest BCUT2D eigenvalue weighted by atomic mass is 10.1. The van der Waals surface area contributed by atoms with Crippen LogP contribution < -0.4 is 15.4 Å². The Morgan fingerprint density at radius 1 is 0.903 bits per heavy atom. The molecule has 0 aliphatic carbocycles. The van der Waals surface area contributed by atoms with Crippen molar-refractivity contribution in [3.05, 3.63) is 95.6 Å². The van der Waals surface area contributed by atoms with Crippen LogP contribution in [0.4, 0.5) is 5.69 Å². The second-order valence-corrected chi connectivity index (χ2v) is 7.48. The number of benzene rings is 3. The number of carbonyl (C=O) groups is 2. The van der Waals surface area contributed by atoms with E-state index < -0.39 is 0 Å². The van der Waals surface area contributed by atoms with Crippen molar-refractivity contribution in [1.29, 1.82) is 0 Å². The van der Waals surface area contributed by atoms with Gasteiger partial charge in [0.25, 0.3) is 5.91 Å². The molecule has 0 aliphatic heterocycles. The molecule has 1 atom stereocenters. The third-order valence-electron chi connectivity index (χ3n) is 5.07. The quantitative estimate of drug-likeness (QED) is 0.505. The molecular weight excluding hydrogens is 388 g/mol. The number of nitrogens with one attached hydrogen (secondary N) is 2. The van der Waals surface area contributed by atoms with Crippen molar-refractivity contribution in [2.24, 2.45) is 5.92 Å². The topological polar surface area (TPSA) is 67.4 Å². The second kappa shape index (κ2) is 11.0. The van der Waals surface area contributed by atoms with Gasteiger partial charge in [-0.05, 0) is 53.9 Å². The van der Waals surface area contributed by atoms with Crippen LogP contribution in [0.1, 0.15) is 41.8 Å². The summed E-state index contributed by atoms with van der Waals surface area (Å²) in [6.07, 6.45) is 0.790. The van der Waals surface area contributed by atoms with Gasteiger partial charge in [0.1, 0.15) is 12.4 Å². The Kier molecular flexibility index (Phi) is 7.82. The van der Waals surface area contributed by atoms with Crippen LogP contribution in [0, 0.1) is 5.92 Å². The Bertz CT molecular complexity index is 1000. The van der Waals surface area contributed by atoms with E-state index in [0.29, 0.717) is 18.7 Å². The lowest BCUT2D eigenvalue weighted by molar-refractivity contribution is -0.119. The number of amides is 2. The van der Waals surface area contributed by atoms with E-state index in [-0.39, 0.29) is 17.7 Å². The van der Waals surface area contributed by atoms with Crippen LogP contribution in [-0.2, 0) is 17.9 Å². The standard InChI is InChI=1S/C26H28N2O3/c1-3-19(2)25(29)28-23-9-7-8-21(16-23)17-27-26(30)22-14-12-20(13-15-22)18-31-24-10-5-4-6-11-24/h4-16,19H,3,17-18H2,1-2H3,(H,27,30)(H,28,29). The first kappa shape index (κ1) is 22.1. The minimum atomic E-state index is -0.149. The summed E-state index contributed by atoms with van der Waals surface area (Å²) in [5, 5.41) is 5.84. The van der Waals surface area contributed by atoms with Crippen LogP contribution in [0.3, 0.4) is 0 Å². The average Bonchev–Trinajstić information content (AvgIpc) is 2.82. The van der Waals surface area contributed by atoms with Crippen molar-refractivity contribution in [1.82, 2.24) is 5.32 Å². The highest BCUT2D eigenvalue weighted by Crippen LogP contribution is 2.14. The van der Waals surface area contributed by atoms with E-state index in [4.69, 9.17) is 4.74 Å². The smallest absolute Gasteiger partial charge is 0.251 e. The van der Waals surface area contributed by atoms with Crippen LogP contribution in [0.25, 0.3) is 0 Å². The highest BCUT2D eigenvalue weighted by atomic mass is 16.5. The van der Waals surface area contributed by atoms with Crippen molar-refractivity contribution in [3.8, 4) is 5.75 Å². The molecule has 0 heterocycles. The van der Waals surface area contributed by atoms with Crippen LogP contribution in [0.2, 0.25) is 0 Å². The van der Waals surface area contributed by atoms with E-state index in [9.17, 15) is 9.59 Å². The number of ether oxygens (including phenoxy) is 1. The molecule has 0 radical (unpaired) electrons. The van der Waals surface area contributed by atoms with Gasteiger partial charge in [0.2, 0.25) is 5.91 Å². The van der Waals surface area contributed by atoms with E-state index in [1.807, 2.05) is 80.6 Å². The normalized spacial score (nSPS) is 11.4. The van der Waals surface area contributed by atoms with Gasteiger partial charge in [-0.25, -0.2) is 0 Å². The summed E-state index contributed by atoms with van der Waals surface area (Å²) in [4.78, 5) is 24.6. The van der Waals surface area contributed by atoms with Crippen molar-refractivity contribution < 1.29 is 14.3 Å². The number of carbonyl (C=O) groups excluding carboxylic acids is 2. The third kappa shape index (κ3) is 6.71. The Morgan fingerprint density at radius 2 is 1.65 bits per heavy atom. The van der Waals surface area contributed by atoms with Crippen molar-refractivity contribution >= 4 is 17.5 Å². The monoisotopic (exact) mass is 416 g/mol. The predicted octanol–water partition coefficient (Wildman–Crippen LogP) is 5.18. The molecule has 3 aromatic carbocycles. The summed E-state index contributed by atoms with van der Waals surface area (Å²) < 4.78 is 5.73. The molecule has 0 saturated heterocycles. The van der Waals surface area contributed by atoms with E-state index in [0.717, 1.165) is 29.0 Å². The van der Waals surface area contributed by atoms with Gasteiger partial charge in [-0.3, -0.25) is 9.59 Å². The number of anilines is 1. The van der Waals surface area contributed by atoms with Gasteiger partial charge >= 0.3 is 0 Å². The molecule has 0 fully saturated rings. The molecule has 5 nitrogen and oxygen atoms in total. The molecule has 0 saturated carbocycles.